The smallest absolute Gasteiger partial charge is 0.115 e. The molecule has 2 heterocycles. The molecule has 0 saturated carbocycles. The van der Waals surface area contributed by atoms with Gasteiger partial charge in [-0.05, 0) is 40.2 Å². The minimum atomic E-state index is 0.516. The van der Waals surface area contributed by atoms with Crippen LogP contribution >= 0.6 is 39.1 Å². The zero-order chi connectivity index (χ0) is 14.1. The Kier molecular flexibility index (Phi) is 3.96. The zero-order valence-corrected chi connectivity index (χ0v) is 13.5. The van der Waals surface area contributed by atoms with Gasteiger partial charge in [0.25, 0.3) is 0 Å². The molecule has 0 spiro atoms. The van der Waals surface area contributed by atoms with Crippen molar-refractivity contribution in [1.82, 2.24) is 14.5 Å². The van der Waals surface area contributed by atoms with Gasteiger partial charge < -0.3 is 0 Å². The molecule has 6 heteroatoms. The van der Waals surface area contributed by atoms with Crippen molar-refractivity contribution < 1.29 is 0 Å². The van der Waals surface area contributed by atoms with Crippen LogP contribution in [0.1, 0.15) is 5.82 Å². The molecule has 0 aliphatic carbocycles. The van der Waals surface area contributed by atoms with Gasteiger partial charge in [0.1, 0.15) is 11.3 Å². The fraction of sp³-hybridized carbons (Fsp3) is 0.143. The van der Waals surface area contributed by atoms with E-state index in [-0.39, 0.29) is 0 Å². The Morgan fingerprint density at radius 2 is 2.10 bits per heavy atom. The number of nitrogens with zero attached hydrogens (tertiary/aromatic N) is 3. The van der Waals surface area contributed by atoms with E-state index < -0.39 is 0 Å². The highest BCUT2D eigenvalue weighted by atomic mass is 79.9. The molecule has 0 N–H and O–H groups in total. The number of halogens is 3. The molecule has 0 radical (unpaired) electrons. The molecule has 3 aromatic rings. The lowest BCUT2D eigenvalue weighted by Crippen LogP contribution is -2.03. The van der Waals surface area contributed by atoms with Gasteiger partial charge in [0, 0.05) is 28.0 Å². The summed E-state index contributed by atoms with van der Waals surface area (Å²) < 4.78 is 3.00. The fourth-order valence-corrected chi connectivity index (χ4v) is 3.19. The quantitative estimate of drug-likeness (QED) is 0.630. The molecule has 0 bridgehead atoms. The van der Waals surface area contributed by atoms with Crippen LogP contribution in [-0.4, -0.2) is 20.4 Å². The SMILES string of the molecule is ClCCc1nc2cnccc2n1-c1ccc(Cl)cc1Br. The number of aromatic nitrogens is 3. The first-order chi connectivity index (χ1) is 9.70. The minimum Gasteiger partial charge on any atom is -0.295 e. The Bertz CT molecular complexity index is 770. The van der Waals surface area contributed by atoms with Crippen molar-refractivity contribution in [1.29, 1.82) is 0 Å². The molecule has 3 nitrogen and oxygen atoms in total. The number of fused-ring (bicyclic) bond motifs is 1. The summed E-state index contributed by atoms with van der Waals surface area (Å²) in [6, 6.07) is 7.64. The van der Waals surface area contributed by atoms with E-state index in [2.05, 4.69) is 30.5 Å². The van der Waals surface area contributed by atoms with Crippen molar-refractivity contribution in [3.05, 3.63) is 52.0 Å². The third kappa shape index (κ3) is 2.43. The maximum absolute atomic E-state index is 6.01. The van der Waals surface area contributed by atoms with Crippen LogP contribution in [0.4, 0.5) is 0 Å². The lowest BCUT2D eigenvalue weighted by atomic mass is 10.3. The van der Waals surface area contributed by atoms with Crippen LogP contribution in [0.2, 0.25) is 5.02 Å². The van der Waals surface area contributed by atoms with Crippen molar-refractivity contribution in [2.45, 2.75) is 6.42 Å². The predicted octanol–water partition coefficient (Wildman–Crippen LogP) is 4.62. The molecule has 2 aromatic heterocycles. The average Bonchev–Trinajstić information content (AvgIpc) is 2.78. The van der Waals surface area contributed by atoms with Crippen LogP contribution in [0.15, 0.2) is 41.1 Å². The maximum Gasteiger partial charge on any atom is 0.115 e. The third-order valence-corrected chi connectivity index (χ3v) is 4.05. The molecule has 3 rings (SSSR count). The van der Waals surface area contributed by atoms with E-state index in [4.69, 9.17) is 23.2 Å². The molecular weight excluding hydrogens is 361 g/mol. The van der Waals surface area contributed by atoms with Gasteiger partial charge in [-0.2, -0.15) is 0 Å². The first-order valence-corrected chi connectivity index (χ1v) is 7.74. The third-order valence-electron chi connectivity index (χ3n) is 2.99. The van der Waals surface area contributed by atoms with Gasteiger partial charge in [-0.1, -0.05) is 11.6 Å². The minimum absolute atomic E-state index is 0.516. The molecule has 0 unspecified atom stereocenters. The highest BCUT2D eigenvalue weighted by Crippen LogP contribution is 2.29. The molecule has 0 amide bonds. The second-order valence-corrected chi connectivity index (χ2v) is 5.93. The summed E-state index contributed by atoms with van der Waals surface area (Å²) in [5.74, 6) is 1.42. The van der Waals surface area contributed by atoms with Crippen molar-refractivity contribution in [2.75, 3.05) is 5.88 Å². The number of rotatable bonds is 3. The van der Waals surface area contributed by atoms with E-state index >= 15 is 0 Å². The summed E-state index contributed by atoms with van der Waals surface area (Å²) in [5.41, 5.74) is 2.85. The number of benzene rings is 1. The van der Waals surface area contributed by atoms with Crippen LogP contribution in [0, 0.1) is 0 Å². The summed E-state index contributed by atoms with van der Waals surface area (Å²) in [7, 11) is 0. The summed E-state index contributed by atoms with van der Waals surface area (Å²) in [6.07, 6.45) is 4.20. The monoisotopic (exact) mass is 369 g/mol. The van der Waals surface area contributed by atoms with Crippen molar-refractivity contribution in [3.63, 3.8) is 0 Å². The van der Waals surface area contributed by atoms with Crippen LogP contribution in [-0.2, 0) is 6.42 Å². The topological polar surface area (TPSA) is 30.7 Å². The molecular formula is C14H10BrCl2N3. The number of imidazole rings is 1. The standard InChI is InChI=1S/C14H10BrCl2N3/c15-10-7-9(17)1-2-12(10)20-13-4-6-18-8-11(13)19-14(20)3-5-16/h1-2,4,6-8H,3,5H2. The summed E-state index contributed by atoms with van der Waals surface area (Å²) in [4.78, 5) is 8.72. The lowest BCUT2D eigenvalue weighted by Gasteiger charge is -2.11. The van der Waals surface area contributed by atoms with E-state index in [0.717, 1.165) is 27.0 Å². The highest BCUT2D eigenvalue weighted by Gasteiger charge is 2.14. The second kappa shape index (κ2) is 5.72. The van der Waals surface area contributed by atoms with Crippen LogP contribution < -0.4 is 0 Å². The molecule has 20 heavy (non-hydrogen) atoms. The summed E-state index contributed by atoms with van der Waals surface area (Å²) in [5, 5.41) is 0.686. The van der Waals surface area contributed by atoms with E-state index in [0.29, 0.717) is 17.3 Å². The van der Waals surface area contributed by atoms with Gasteiger partial charge >= 0.3 is 0 Å². The van der Waals surface area contributed by atoms with Crippen molar-refractivity contribution >= 4 is 50.2 Å². The second-order valence-electron chi connectivity index (χ2n) is 4.26. The van der Waals surface area contributed by atoms with E-state index in [1.807, 2.05) is 24.3 Å². The number of alkyl halides is 1. The van der Waals surface area contributed by atoms with Gasteiger partial charge in [0.05, 0.1) is 17.4 Å². The molecule has 0 fully saturated rings. The predicted molar refractivity (Wildman–Crippen MR) is 86.0 cm³/mol. The molecule has 0 saturated heterocycles. The maximum atomic E-state index is 6.01. The fourth-order valence-electron chi connectivity index (χ4n) is 2.17. The van der Waals surface area contributed by atoms with Gasteiger partial charge in [0.2, 0.25) is 0 Å². The van der Waals surface area contributed by atoms with E-state index in [1.54, 1.807) is 12.4 Å². The van der Waals surface area contributed by atoms with Crippen LogP contribution in [0.3, 0.4) is 0 Å². The van der Waals surface area contributed by atoms with Gasteiger partial charge in [-0.25, -0.2) is 4.98 Å². The lowest BCUT2D eigenvalue weighted by molar-refractivity contribution is 0.909. The zero-order valence-electron chi connectivity index (χ0n) is 10.4. The normalized spacial score (nSPS) is 11.2. The number of hydrogen-bond acceptors (Lipinski definition) is 2. The number of aryl methyl sites for hydroxylation is 1. The number of hydrogen-bond donors (Lipinski definition) is 0. The largest absolute Gasteiger partial charge is 0.295 e. The Balaban J connectivity index is 2.30. The first-order valence-electron chi connectivity index (χ1n) is 6.03. The van der Waals surface area contributed by atoms with E-state index in [1.165, 1.54) is 0 Å². The van der Waals surface area contributed by atoms with Crippen LogP contribution in [0.25, 0.3) is 16.7 Å². The Hall–Kier alpha value is -1.10. The van der Waals surface area contributed by atoms with Gasteiger partial charge in [-0.15, -0.1) is 11.6 Å². The molecule has 102 valence electrons. The Morgan fingerprint density at radius 1 is 1.25 bits per heavy atom. The Labute approximate surface area is 134 Å². The van der Waals surface area contributed by atoms with Gasteiger partial charge in [-0.3, -0.25) is 9.55 Å². The molecule has 0 aliphatic rings. The van der Waals surface area contributed by atoms with Crippen LogP contribution in [0.5, 0.6) is 0 Å². The number of pyridine rings is 1. The summed E-state index contributed by atoms with van der Waals surface area (Å²) >= 11 is 15.5. The molecule has 0 aliphatic heterocycles. The summed E-state index contributed by atoms with van der Waals surface area (Å²) in [6.45, 7) is 0. The Morgan fingerprint density at radius 3 is 2.85 bits per heavy atom. The highest BCUT2D eigenvalue weighted by molar-refractivity contribution is 9.10. The molecule has 0 atom stereocenters. The van der Waals surface area contributed by atoms with Gasteiger partial charge in [0.15, 0.2) is 0 Å². The first kappa shape index (κ1) is 13.9. The van der Waals surface area contributed by atoms with E-state index in [9.17, 15) is 0 Å². The van der Waals surface area contributed by atoms with Crippen molar-refractivity contribution in [3.8, 4) is 5.69 Å². The average molecular weight is 371 g/mol. The molecule has 1 aromatic carbocycles. The van der Waals surface area contributed by atoms with Crippen molar-refractivity contribution in [2.24, 2.45) is 0 Å².